The molecule has 2 fully saturated rings. The van der Waals surface area contributed by atoms with Crippen molar-refractivity contribution in [1.29, 1.82) is 0 Å². The lowest BCUT2D eigenvalue weighted by molar-refractivity contribution is -0.146. The van der Waals surface area contributed by atoms with Gasteiger partial charge in [0.2, 0.25) is 53.2 Å². The number of amides is 9. The van der Waals surface area contributed by atoms with Crippen LogP contribution in [0.2, 0.25) is 0 Å². The molecule has 9 amide bonds. The van der Waals surface area contributed by atoms with Crippen LogP contribution in [0.25, 0.3) is 10.9 Å². The van der Waals surface area contributed by atoms with E-state index in [0.29, 0.717) is 86.9 Å². The number of nitrogens with two attached hydrogens (primary N) is 5. The molecule has 0 radical (unpaired) electrons. The number of fused-ring (bicyclic) bond motifs is 1. The van der Waals surface area contributed by atoms with Gasteiger partial charge in [-0.1, -0.05) is 92.7 Å². The number of aromatic amines is 1. The molecule has 0 aliphatic carbocycles. The Labute approximate surface area is 559 Å². The highest BCUT2D eigenvalue weighted by atomic mass is 32.2. The molecular weight excluding hydrogens is 1240 g/mol. The SMILES string of the molecule is CSCC[C@H](N)C(=O)N1CCC[C@H]1C(=O)N[C@H](Cc1ccccc1)C(=O)N[C@@H](CCCN=C(N)N)C(=O)N[C@H](Cc1c[nH]c2ccccc12)C(=O)N[C@@H](Cc1ccccc1)C(=O)N[C@@H](CCCCN)C(=O)N[C@@H](CCCCN)C(=O)N1CCC[C@H]1C(=O)N[C@H](C(=O)O)C(C)C. The summed E-state index contributed by atoms with van der Waals surface area (Å²) in [4.78, 5) is 153. The van der Waals surface area contributed by atoms with E-state index in [9.17, 15) is 38.7 Å². The van der Waals surface area contributed by atoms with Gasteiger partial charge in [-0.05, 0) is 137 Å². The number of aromatic nitrogens is 1. The molecule has 28 heteroatoms. The number of benzene rings is 3. The Morgan fingerprint density at radius 1 is 0.568 bits per heavy atom. The summed E-state index contributed by atoms with van der Waals surface area (Å²) < 4.78 is 0. The molecule has 0 bridgehead atoms. The summed E-state index contributed by atoms with van der Waals surface area (Å²) in [5.41, 5.74) is 32.1. The van der Waals surface area contributed by atoms with E-state index in [1.807, 2.05) is 30.5 Å². The van der Waals surface area contributed by atoms with Crippen molar-refractivity contribution in [3.8, 4) is 0 Å². The minimum Gasteiger partial charge on any atom is -0.480 e. The van der Waals surface area contributed by atoms with Crippen LogP contribution in [0.5, 0.6) is 0 Å². The van der Waals surface area contributed by atoms with Crippen molar-refractivity contribution in [2.24, 2.45) is 39.6 Å². The molecule has 6 rings (SSSR count). The zero-order valence-corrected chi connectivity index (χ0v) is 55.6. The van der Waals surface area contributed by atoms with E-state index in [4.69, 9.17) is 28.7 Å². The molecule has 0 saturated carbocycles. The normalized spacial score (nSPS) is 17.0. The number of carboxylic acid groups (broad SMARTS) is 1. The maximum absolute atomic E-state index is 15.3. The first-order valence-corrected chi connectivity index (χ1v) is 34.3. The Kier molecular flexibility index (Phi) is 30.7. The van der Waals surface area contributed by atoms with E-state index in [1.165, 1.54) is 9.80 Å². The minimum atomic E-state index is -1.45. The van der Waals surface area contributed by atoms with Gasteiger partial charge in [-0.25, -0.2) is 4.79 Å². The standard InChI is InChI=1S/C67H98N16O11S/c1-41(2)56(66(93)94)81-63(90)55-29-18-35-83(55)65(92)50(26-13-15-32-69)77-57(84)48(25-12-14-31-68)75-59(86)51(37-42-19-6-4-7-20-42)78-61(88)53(39-44-40-74-47-24-11-10-23-45(44)47)79-58(85)49(27-16-33-73-67(71)72)76-60(87)52(38-43-21-8-5-9-22-43)80-62(89)54-28-17-34-82(54)64(91)46(70)30-36-95-3/h4-11,19-24,40-41,46,48-56,74H,12-18,25-39,68-70H2,1-3H3,(H,75,86)(H,76,87)(H,77,84)(H,78,88)(H,79,85)(H,80,89)(H,81,90)(H,93,94)(H4,71,72,73)/t46-,48-,49-,50-,51-,52+,53+,54-,55-,56-/m0/s1. The molecule has 27 nitrogen and oxygen atoms in total. The number of unbranched alkanes of at least 4 members (excludes halogenated alkanes) is 2. The Morgan fingerprint density at radius 2 is 1.02 bits per heavy atom. The zero-order chi connectivity index (χ0) is 69.0. The van der Waals surface area contributed by atoms with Crippen LogP contribution in [0.4, 0.5) is 0 Å². The predicted octanol–water partition coefficient (Wildman–Crippen LogP) is 0.704. The fourth-order valence-electron chi connectivity index (χ4n) is 11.9. The zero-order valence-electron chi connectivity index (χ0n) is 54.7. The average Bonchev–Trinajstić information content (AvgIpc) is 2.10. The van der Waals surface area contributed by atoms with Crippen LogP contribution in [0.3, 0.4) is 0 Å². The molecule has 3 aromatic carbocycles. The first-order valence-electron chi connectivity index (χ1n) is 32.9. The van der Waals surface area contributed by atoms with Crippen LogP contribution in [-0.4, -0.2) is 190 Å². The van der Waals surface area contributed by atoms with Crippen molar-refractivity contribution in [2.45, 2.75) is 177 Å². The molecule has 2 aliphatic heterocycles. The first kappa shape index (κ1) is 75.4. The molecule has 95 heavy (non-hydrogen) atoms. The van der Waals surface area contributed by atoms with Gasteiger partial charge in [-0.15, -0.1) is 0 Å². The van der Waals surface area contributed by atoms with Crippen LogP contribution in [-0.2, 0) is 67.2 Å². The quantitative estimate of drug-likeness (QED) is 0.0166. The van der Waals surface area contributed by atoms with Crippen molar-refractivity contribution in [3.05, 3.63) is 108 Å². The second-order valence-corrected chi connectivity index (χ2v) is 25.6. The summed E-state index contributed by atoms with van der Waals surface area (Å²) in [5, 5.41) is 30.4. The first-order chi connectivity index (χ1) is 45.6. The Bertz CT molecular complexity index is 3220. The number of guanidine groups is 1. The molecule has 1 aromatic heterocycles. The van der Waals surface area contributed by atoms with E-state index in [1.54, 1.807) is 92.5 Å². The highest BCUT2D eigenvalue weighted by molar-refractivity contribution is 7.98. The predicted molar refractivity (Wildman–Crippen MR) is 364 cm³/mol. The molecule has 2 aliphatic rings. The van der Waals surface area contributed by atoms with Crippen LogP contribution in [0, 0.1) is 5.92 Å². The van der Waals surface area contributed by atoms with Gasteiger partial charge in [0.15, 0.2) is 5.96 Å². The van der Waals surface area contributed by atoms with Crippen LogP contribution < -0.4 is 65.9 Å². The molecule has 0 unspecified atom stereocenters. The number of hydrogen-bond acceptors (Lipinski definition) is 15. The Balaban J connectivity index is 1.30. The molecule has 19 N–H and O–H groups in total. The number of H-pyrrole nitrogens is 1. The number of carboxylic acids is 1. The van der Waals surface area contributed by atoms with Gasteiger partial charge >= 0.3 is 5.97 Å². The van der Waals surface area contributed by atoms with Crippen molar-refractivity contribution >= 4 is 87.8 Å². The Hall–Kier alpha value is -8.60. The largest absolute Gasteiger partial charge is 0.480 e. The number of hydrogen-bond donors (Lipinski definition) is 14. The lowest BCUT2D eigenvalue weighted by Gasteiger charge is -2.31. The summed E-state index contributed by atoms with van der Waals surface area (Å²) in [7, 11) is 0. The average molecular weight is 1340 g/mol. The third kappa shape index (κ3) is 23.1. The number of aliphatic carboxylic acids is 1. The fourth-order valence-corrected chi connectivity index (χ4v) is 12.4. The van der Waals surface area contributed by atoms with Gasteiger partial charge in [-0.2, -0.15) is 11.8 Å². The smallest absolute Gasteiger partial charge is 0.326 e. The number of nitrogens with one attached hydrogen (secondary N) is 8. The van der Waals surface area contributed by atoms with Gasteiger partial charge in [0.05, 0.1) is 6.04 Å². The molecule has 4 aromatic rings. The van der Waals surface area contributed by atoms with Crippen molar-refractivity contribution in [1.82, 2.24) is 52.0 Å². The second kappa shape index (κ2) is 38.7. The van der Waals surface area contributed by atoms with E-state index in [0.717, 1.165) is 10.9 Å². The number of carbonyl (C=O) groups is 10. The van der Waals surface area contributed by atoms with Crippen molar-refractivity contribution < 1.29 is 53.1 Å². The highest BCUT2D eigenvalue weighted by Crippen LogP contribution is 2.24. The summed E-state index contributed by atoms with van der Waals surface area (Å²) in [6.45, 7) is 4.40. The summed E-state index contributed by atoms with van der Waals surface area (Å²) >= 11 is 1.55. The van der Waals surface area contributed by atoms with Crippen LogP contribution in [0.15, 0.2) is 96.1 Å². The van der Waals surface area contributed by atoms with E-state index >= 15 is 14.4 Å². The van der Waals surface area contributed by atoms with Gasteiger partial charge in [0.25, 0.3) is 0 Å². The number of rotatable bonds is 39. The monoisotopic (exact) mass is 1330 g/mol. The maximum Gasteiger partial charge on any atom is 0.326 e. The van der Waals surface area contributed by atoms with Gasteiger partial charge in [0.1, 0.15) is 54.4 Å². The summed E-state index contributed by atoms with van der Waals surface area (Å²) in [6, 6.07) is 13.2. The molecule has 3 heterocycles. The van der Waals surface area contributed by atoms with Gasteiger partial charge in [0, 0.05) is 56.0 Å². The van der Waals surface area contributed by atoms with E-state index in [-0.39, 0.29) is 82.9 Å². The molecule has 0 spiro atoms. The highest BCUT2D eigenvalue weighted by Gasteiger charge is 2.42. The van der Waals surface area contributed by atoms with Crippen LogP contribution in [0.1, 0.15) is 114 Å². The third-order valence-corrected chi connectivity index (χ3v) is 17.8. The number of aliphatic imine (C=N–C) groups is 1. The van der Waals surface area contributed by atoms with Crippen LogP contribution >= 0.6 is 11.8 Å². The fraction of sp³-hybridized carbons (Fsp3) is 0.537. The second-order valence-electron chi connectivity index (χ2n) is 24.7. The molecule has 2 saturated heterocycles. The molecule has 10 atom stereocenters. The topological polar surface area (TPSA) is 440 Å². The number of nitrogens with zero attached hydrogens (tertiary/aromatic N) is 3. The number of likely N-dealkylation sites (tertiary alicyclic amines) is 2. The number of para-hydroxylation sites is 1. The van der Waals surface area contributed by atoms with Gasteiger partial charge < -0.3 is 85.8 Å². The minimum absolute atomic E-state index is 0.0101. The lowest BCUT2D eigenvalue weighted by Crippen LogP contribution is -2.61. The maximum atomic E-state index is 15.3. The van der Waals surface area contributed by atoms with Gasteiger partial charge in [-0.3, -0.25) is 48.1 Å². The lowest BCUT2D eigenvalue weighted by atomic mass is 10.00. The van der Waals surface area contributed by atoms with Crippen molar-refractivity contribution in [3.63, 3.8) is 0 Å². The molecular formula is C67H98N16O11S. The number of carbonyl (C=O) groups excluding carboxylic acids is 9. The number of thioether (sulfide) groups is 1. The summed E-state index contributed by atoms with van der Waals surface area (Å²) in [5.74, 6) is -7.24. The summed E-state index contributed by atoms with van der Waals surface area (Å²) in [6.07, 6.45) is 7.37. The van der Waals surface area contributed by atoms with Crippen molar-refractivity contribution in [2.75, 3.05) is 44.7 Å². The van der Waals surface area contributed by atoms with E-state index < -0.39 is 120 Å². The third-order valence-electron chi connectivity index (χ3n) is 17.1. The Morgan fingerprint density at radius 3 is 1.54 bits per heavy atom. The van der Waals surface area contributed by atoms with E-state index in [2.05, 4.69) is 47.2 Å². The molecule has 518 valence electrons.